The zero-order valence-electron chi connectivity index (χ0n) is 9.49. The molecule has 0 spiro atoms. The van der Waals surface area contributed by atoms with Gasteiger partial charge in [-0.25, -0.2) is 0 Å². The molecule has 1 amide bonds. The molecule has 4 fully saturated rings. The molecule has 0 radical (unpaired) electrons. The first kappa shape index (κ1) is 9.64. The number of hydrogen-bond acceptors (Lipinski definition) is 2. The lowest BCUT2D eigenvalue weighted by Crippen LogP contribution is -2.63. The Morgan fingerprint density at radius 2 is 2.27 bits per heavy atom. The van der Waals surface area contributed by atoms with Crippen molar-refractivity contribution in [2.75, 3.05) is 6.54 Å². The average molecular weight is 208 g/mol. The lowest BCUT2D eigenvalue weighted by atomic mass is 9.65. The van der Waals surface area contributed by atoms with Crippen LogP contribution in [-0.4, -0.2) is 24.5 Å². The maximum atomic E-state index is 11.8. The van der Waals surface area contributed by atoms with E-state index in [1.807, 2.05) is 0 Å². The van der Waals surface area contributed by atoms with Crippen molar-refractivity contribution in [3.63, 3.8) is 0 Å². The maximum absolute atomic E-state index is 11.8. The van der Waals surface area contributed by atoms with Crippen molar-refractivity contribution in [2.24, 2.45) is 23.7 Å². The van der Waals surface area contributed by atoms with E-state index >= 15 is 0 Å². The topological polar surface area (TPSA) is 41.1 Å². The summed E-state index contributed by atoms with van der Waals surface area (Å²) in [6.45, 7) is 5.61. The summed E-state index contributed by atoms with van der Waals surface area (Å²) >= 11 is 0. The molecule has 3 aliphatic heterocycles. The molecule has 0 aromatic rings. The van der Waals surface area contributed by atoms with Crippen LogP contribution in [0.2, 0.25) is 0 Å². The molecule has 5 unspecified atom stereocenters. The largest absolute Gasteiger partial charge is 0.353 e. The first-order valence-corrected chi connectivity index (χ1v) is 6.20. The van der Waals surface area contributed by atoms with Crippen LogP contribution in [0.5, 0.6) is 0 Å². The van der Waals surface area contributed by atoms with Crippen LogP contribution >= 0.6 is 0 Å². The minimum absolute atomic E-state index is 0.277. The molecule has 0 aromatic heterocycles. The fourth-order valence-corrected chi connectivity index (χ4v) is 3.91. The van der Waals surface area contributed by atoms with Crippen molar-refractivity contribution in [3.05, 3.63) is 0 Å². The van der Waals surface area contributed by atoms with Gasteiger partial charge in [-0.15, -0.1) is 0 Å². The van der Waals surface area contributed by atoms with Crippen molar-refractivity contribution in [2.45, 2.75) is 38.8 Å². The molecule has 4 bridgehead atoms. The molecule has 3 heterocycles. The second-order valence-corrected chi connectivity index (χ2v) is 5.86. The summed E-state index contributed by atoms with van der Waals surface area (Å²) in [6, 6.07) is 0.930. The maximum Gasteiger partial charge on any atom is 0.225 e. The molecule has 0 aromatic carbocycles. The Bertz CT molecular complexity index is 289. The van der Waals surface area contributed by atoms with Crippen molar-refractivity contribution < 1.29 is 4.79 Å². The molecule has 4 rings (SSSR count). The zero-order chi connectivity index (χ0) is 10.6. The molecule has 5 atom stereocenters. The summed E-state index contributed by atoms with van der Waals surface area (Å²) in [5.74, 6) is 2.61. The van der Waals surface area contributed by atoms with Gasteiger partial charge in [0.2, 0.25) is 5.91 Å². The quantitative estimate of drug-likeness (QED) is 0.703. The number of rotatable bonds is 2. The van der Waals surface area contributed by atoms with E-state index in [-0.39, 0.29) is 5.92 Å². The number of hydrogen-bond donors (Lipinski definition) is 2. The van der Waals surface area contributed by atoms with E-state index in [9.17, 15) is 4.79 Å². The minimum Gasteiger partial charge on any atom is -0.353 e. The summed E-state index contributed by atoms with van der Waals surface area (Å²) in [4.78, 5) is 11.8. The summed E-state index contributed by atoms with van der Waals surface area (Å²) in [5.41, 5.74) is 0. The van der Waals surface area contributed by atoms with Gasteiger partial charge in [-0.05, 0) is 37.1 Å². The number of carbonyl (C=O) groups excluding carboxylic acids is 1. The smallest absolute Gasteiger partial charge is 0.225 e. The standard InChI is InChI=1S/C12H20N2O/c1-6(2)3-8-9-4-7-5-13-11(8)10(7)12(15)14-9/h6-11,13H,3-5H2,1-2H3,(H,14,15). The Morgan fingerprint density at radius 1 is 1.47 bits per heavy atom. The predicted octanol–water partition coefficient (Wildman–Crippen LogP) is 0.755. The van der Waals surface area contributed by atoms with Crippen molar-refractivity contribution in [3.8, 4) is 0 Å². The summed E-state index contributed by atoms with van der Waals surface area (Å²) < 4.78 is 0. The van der Waals surface area contributed by atoms with E-state index in [4.69, 9.17) is 0 Å². The van der Waals surface area contributed by atoms with Crippen LogP contribution < -0.4 is 10.6 Å². The van der Waals surface area contributed by atoms with Crippen LogP contribution in [0.4, 0.5) is 0 Å². The highest BCUT2D eigenvalue weighted by atomic mass is 16.2. The van der Waals surface area contributed by atoms with Gasteiger partial charge in [0.25, 0.3) is 0 Å². The third-order valence-corrected chi connectivity index (χ3v) is 4.42. The summed E-state index contributed by atoms with van der Waals surface area (Å²) in [5, 5.41) is 6.77. The van der Waals surface area contributed by atoms with Crippen LogP contribution in [0.1, 0.15) is 26.7 Å². The van der Waals surface area contributed by atoms with Gasteiger partial charge in [0.15, 0.2) is 0 Å². The van der Waals surface area contributed by atoms with Gasteiger partial charge >= 0.3 is 0 Å². The number of nitrogens with one attached hydrogen (secondary N) is 2. The van der Waals surface area contributed by atoms with Crippen molar-refractivity contribution in [1.82, 2.24) is 10.6 Å². The van der Waals surface area contributed by atoms with E-state index in [1.54, 1.807) is 0 Å². The normalized spacial score (nSPS) is 47.4. The molecule has 1 saturated carbocycles. The molecule has 3 nitrogen and oxygen atoms in total. The first-order valence-electron chi connectivity index (χ1n) is 6.20. The fraction of sp³-hybridized carbons (Fsp3) is 0.917. The van der Waals surface area contributed by atoms with Gasteiger partial charge in [0.05, 0.1) is 5.92 Å². The van der Waals surface area contributed by atoms with Crippen LogP contribution in [-0.2, 0) is 4.79 Å². The average Bonchev–Trinajstić information content (AvgIpc) is 2.51. The lowest BCUT2D eigenvalue weighted by molar-refractivity contribution is -0.135. The van der Waals surface area contributed by atoms with Gasteiger partial charge in [-0.3, -0.25) is 4.79 Å². The zero-order valence-corrected chi connectivity index (χ0v) is 9.49. The molecule has 84 valence electrons. The summed E-state index contributed by atoms with van der Waals surface area (Å²) in [7, 11) is 0. The molecular formula is C12H20N2O. The summed E-state index contributed by atoms with van der Waals surface area (Å²) in [6.07, 6.45) is 2.45. The second kappa shape index (κ2) is 3.21. The van der Waals surface area contributed by atoms with E-state index in [0.717, 1.165) is 12.5 Å². The number of amides is 1. The minimum atomic E-state index is 0.277. The van der Waals surface area contributed by atoms with Gasteiger partial charge in [0.1, 0.15) is 0 Å². The van der Waals surface area contributed by atoms with E-state index in [0.29, 0.717) is 29.8 Å². The van der Waals surface area contributed by atoms with Crippen molar-refractivity contribution in [1.29, 1.82) is 0 Å². The second-order valence-electron chi connectivity index (χ2n) is 5.86. The Labute approximate surface area is 91.0 Å². The van der Waals surface area contributed by atoms with Crippen LogP contribution in [0.15, 0.2) is 0 Å². The van der Waals surface area contributed by atoms with E-state index < -0.39 is 0 Å². The third kappa shape index (κ3) is 1.32. The van der Waals surface area contributed by atoms with Gasteiger partial charge in [0, 0.05) is 12.1 Å². The Kier molecular flexibility index (Phi) is 2.06. The molecule has 3 heteroatoms. The third-order valence-electron chi connectivity index (χ3n) is 4.42. The van der Waals surface area contributed by atoms with Crippen LogP contribution in [0.3, 0.4) is 0 Å². The monoisotopic (exact) mass is 208 g/mol. The van der Waals surface area contributed by atoms with Crippen LogP contribution in [0, 0.1) is 23.7 Å². The highest BCUT2D eigenvalue weighted by molar-refractivity contribution is 5.82. The van der Waals surface area contributed by atoms with Gasteiger partial charge in [-0.2, -0.15) is 0 Å². The van der Waals surface area contributed by atoms with E-state index in [1.165, 1.54) is 12.8 Å². The Hall–Kier alpha value is -0.570. The SMILES string of the molecule is CC(C)CC1C2CC3CNC1C3C(=O)N2. The first-order chi connectivity index (χ1) is 7.16. The molecule has 15 heavy (non-hydrogen) atoms. The number of piperidine rings is 2. The van der Waals surface area contributed by atoms with E-state index in [2.05, 4.69) is 24.5 Å². The predicted molar refractivity (Wildman–Crippen MR) is 58.3 cm³/mol. The lowest BCUT2D eigenvalue weighted by Gasteiger charge is -2.47. The molecule has 2 N–H and O–H groups in total. The van der Waals surface area contributed by atoms with Gasteiger partial charge < -0.3 is 10.6 Å². The van der Waals surface area contributed by atoms with Gasteiger partial charge in [-0.1, -0.05) is 13.8 Å². The number of fused-ring (bicyclic) bond motifs is 1. The Balaban J connectivity index is 1.85. The van der Waals surface area contributed by atoms with Crippen LogP contribution in [0.25, 0.3) is 0 Å². The molecule has 4 aliphatic rings. The highest BCUT2D eigenvalue weighted by Gasteiger charge is 2.55. The molecule has 1 aliphatic carbocycles. The molecular weight excluding hydrogens is 188 g/mol. The highest BCUT2D eigenvalue weighted by Crippen LogP contribution is 2.44. The van der Waals surface area contributed by atoms with Crippen molar-refractivity contribution >= 4 is 5.91 Å². The number of carbonyl (C=O) groups is 1. The molecule has 3 saturated heterocycles. The fourth-order valence-electron chi connectivity index (χ4n) is 3.91. The Morgan fingerprint density at radius 3 is 3.00 bits per heavy atom.